The lowest BCUT2D eigenvalue weighted by atomic mass is 10.2. The molecule has 0 N–H and O–H groups in total. The molecular formula is C23H40O4Si2. The van der Waals surface area contributed by atoms with Crippen LogP contribution in [0.25, 0.3) is 0 Å². The van der Waals surface area contributed by atoms with E-state index < -0.39 is 16.6 Å². The second-order valence-corrected chi connectivity index (χ2v) is 20.1. The van der Waals surface area contributed by atoms with Crippen LogP contribution in [-0.4, -0.2) is 35.8 Å². The van der Waals surface area contributed by atoms with Crippen LogP contribution in [0.4, 0.5) is 0 Å². The minimum Gasteiger partial charge on any atom is -0.423 e. The van der Waals surface area contributed by atoms with Crippen LogP contribution in [0.2, 0.25) is 36.3 Å². The van der Waals surface area contributed by atoms with E-state index in [1.165, 1.54) is 0 Å². The monoisotopic (exact) mass is 436 g/mol. The maximum atomic E-state index is 12.0. The lowest BCUT2D eigenvalue weighted by Crippen LogP contribution is -2.40. The van der Waals surface area contributed by atoms with E-state index in [2.05, 4.69) is 67.7 Å². The second-order valence-electron chi connectivity index (χ2n) is 10.5. The van der Waals surface area contributed by atoms with Gasteiger partial charge in [-0.2, -0.15) is 0 Å². The highest BCUT2D eigenvalue weighted by Gasteiger charge is 2.37. The Balaban J connectivity index is 2.57. The van der Waals surface area contributed by atoms with Gasteiger partial charge in [0.15, 0.2) is 16.6 Å². The Hall–Kier alpha value is -1.22. The lowest BCUT2D eigenvalue weighted by Gasteiger charge is -2.35. The molecule has 0 fully saturated rings. The third kappa shape index (κ3) is 7.85. The summed E-state index contributed by atoms with van der Waals surface area (Å²) in [6, 6.07) is 0. The molecule has 1 heterocycles. The minimum atomic E-state index is -1.81. The number of rotatable bonds is 8. The van der Waals surface area contributed by atoms with Crippen LogP contribution in [0.1, 0.15) is 41.5 Å². The summed E-state index contributed by atoms with van der Waals surface area (Å²) in [5.41, 5.74) is 0.540. The fourth-order valence-corrected chi connectivity index (χ4v) is 3.82. The Morgan fingerprint density at radius 2 is 1.41 bits per heavy atom. The molecule has 164 valence electrons. The molecule has 0 spiro atoms. The van der Waals surface area contributed by atoms with Gasteiger partial charge in [-0.1, -0.05) is 59.8 Å². The van der Waals surface area contributed by atoms with Gasteiger partial charge in [0, 0.05) is 0 Å². The van der Waals surface area contributed by atoms with Crippen molar-refractivity contribution in [3.8, 4) is 0 Å². The van der Waals surface area contributed by atoms with Gasteiger partial charge in [-0.3, -0.25) is 0 Å². The van der Waals surface area contributed by atoms with Gasteiger partial charge in [-0.25, -0.2) is 4.79 Å². The van der Waals surface area contributed by atoms with E-state index in [0.29, 0.717) is 24.5 Å². The van der Waals surface area contributed by atoms with Crippen molar-refractivity contribution >= 4 is 22.6 Å². The fourth-order valence-electron chi connectivity index (χ4n) is 1.94. The van der Waals surface area contributed by atoms with Gasteiger partial charge in [0.1, 0.15) is 5.76 Å². The predicted octanol–water partition coefficient (Wildman–Crippen LogP) is 6.51. The van der Waals surface area contributed by atoms with E-state index in [1.54, 1.807) is 12.2 Å². The largest absolute Gasteiger partial charge is 0.423 e. The van der Waals surface area contributed by atoms with Crippen LogP contribution in [0.3, 0.4) is 0 Å². The summed E-state index contributed by atoms with van der Waals surface area (Å²) in [5.74, 6) is 0.226. The molecule has 0 unspecified atom stereocenters. The third-order valence-electron chi connectivity index (χ3n) is 6.15. The summed E-state index contributed by atoms with van der Waals surface area (Å²) >= 11 is 0. The highest BCUT2D eigenvalue weighted by molar-refractivity contribution is 6.74. The van der Waals surface area contributed by atoms with Crippen molar-refractivity contribution in [1.82, 2.24) is 0 Å². The topological polar surface area (TPSA) is 44.8 Å². The summed E-state index contributed by atoms with van der Waals surface area (Å²) in [6.45, 7) is 23.2. The van der Waals surface area contributed by atoms with E-state index in [0.717, 1.165) is 0 Å². The second kappa shape index (κ2) is 9.73. The van der Waals surface area contributed by atoms with E-state index in [4.69, 9.17) is 13.6 Å². The number of hydrogen-bond acceptors (Lipinski definition) is 4. The first kappa shape index (κ1) is 25.8. The average molecular weight is 437 g/mol. The number of esters is 1. The third-order valence-corrected chi connectivity index (χ3v) is 15.1. The molecule has 0 aromatic heterocycles. The van der Waals surface area contributed by atoms with E-state index in [-0.39, 0.29) is 16.0 Å². The number of hydrogen-bond donors (Lipinski definition) is 0. The van der Waals surface area contributed by atoms with E-state index in [1.807, 2.05) is 24.3 Å². The summed E-state index contributed by atoms with van der Waals surface area (Å²) in [7, 11) is -3.53. The quantitative estimate of drug-likeness (QED) is 0.247. The lowest BCUT2D eigenvalue weighted by molar-refractivity contribution is -0.132. The van der Waals surface area contributed by atoms with Gasteiger partial charge < -0.3 is 13.6 Å². The van der Waals surface area contributed by atoms with Crippen LogP contribution in [0, 0.1) is 0 Å². The maximum absolute atomic E-state index is 12.0. The Labute approximate surface area is 180 Å². The zero-order chi connectivity index (χ0) is 22.5. The Kier molecular flexibility index (Phi) is 8.66. The van der Waals surface area contributed by atoms with Crippen LogP contribution in [-0.2, 0) is 18.4 Å². The summed E-state index contributed by atoms with van der Waals surface area (Å²) in [5, 5.41) is 0.356. The van der Waals surface area contributed by atoms with Gasteiger partial charge in [0.05, 0.1) is 18.8 Å². The van der Waals surface area contributed by atoms with Gasteiger partial charge in [0.25, 0.3) is 0 Å². The van der Waals surface area contributed by atoms with Crippen molar-refractivity contribution in [3.63, 3.8) is 0 Å². The van der Waals surface area contributed by atoms with Gasteiger partial charge in [0.2, 0.25) is 0 Å². The molecule has 0 aromatic carbocycles. The molecule has 0 saturated carbocycles. The first-order chi connectivity index (χ1) is 13.1. The zero-order valence-electron chi connectivity index (χ0n) is 20.0. The minimum absolute atomic E-state index is 0.155. The molecule has 0 aromatic rings. The molecule has 0 aliphatic carbocycles. The van der Waals surface area contributed by atoms with Gasteiger partial charge in [-0.15, -0.1) is 0 Å². The van der Waals surface area contributed by atoms with Gasteiger partial charge in [-0.05, 0) is 54.5 Å². The predicted molar refractivity (Wildman–Crippen MR) is 127 cm³/mol. The number of carbonyl (C=O) groups excluding carboxylic acids is 1. The molecule has 29 heavy (non-hydrogen) atoms. The summed E-state index contributed by atoms with van der Waals surface area (Å²) < 4.78 is 17.5. The average Bonchev–Trinajstić information content (AvgIpc) is 2.88. The van der Waals surface area contributed by atoms with Crippen LogP contribution < -0.4 is 0 Å². The smallest absolute Gasteiger partial charge is 0.343 e. The van der Waals surface area contributed by atoms with Crippen molar-refractivity contribution in [2.75, 3.05) is 13.2 Å². The van der Waals surface area contributed by atoms with Crippen molar-refractivity contribution in [3.05, 3.63) is 47.8 Å². The standard InChI is InChI=1S/C23H40O4Si2/c1-22(2,3)28(7,8)25-16-13-11-12-14-19-18-20(27-21(19)24)15-17-26-29(9,10)23(4,5)6/h11-15,18H,16-17H2,1-10H3/b13-11+,14-12+,20-15-. The van der Waals surface area contributed by atoms with Crippen LogP contribution >= 0.6 is 0 Å². The Morgan fingerprint density at radius 3 is 1.93 bits per heavy atom. The highest BCUT2D eigenvalue weighted by Crippen LogP contribution is 2.37. The molecular weight excluding hydrogens is 396 g/mol. The first-order valence-electron chi connectivity index (χ1n) is 10.3. The maximum Gasteiger partial charge on any atom is 0.343 e. The molecule has 0 radical (unpaired) electrons. The molecule has 1 aliphatic rings. The Bertz CT molecular complexity index is 699. The molecule has 4 nitrogen and oxygen atoms in total. The molecule has 0 bridgehead atoms. The van der Waals surface area contributed by atoms with Crippen molar-refractivity contribution in [2.45, 2.75) is 77.8 Å². The van der Waals surface area contributed by atoms with Crippen molar-refractivity contribution in [2.24, 2.45) is 0 Å². The number of carbonyl (C=O) groups is 1. The molecule has 1 rings (SSSR count). The molecule has 0 amide bonds. The first-order valence-corrected chi connectivity index (χ1v) is 16.1. The normalized spacial score (nSPS) is 18.2. The Morgan fingerprint density at radius 1 is 0.897 bits per heavy atom. The molecule has 0 saturated heterocycles. The van der Waals surface area contributed by atoms with E-state index in [9.17, 15) is 4.79 Å². The molecule has 1 aliphatic heterocycles. The summed E-state index contributed by atoms with van der Waals surface area (Å²) in [6.07, 6.45) is 11.1. The van der Waals surface area contributed by atoms with Crippen LogP contribution in [0.15, 0.2) is 47.8 Å². The number of allylic oxidation sites excluding steroid dienone is 3. The van der Waals surface area contributed by atoms with Crippen molar-refractivity contribution in [1.29, 1.82) is 0 Å². The molecule has 0 atom stereocenters. The van der Waals surface area contributed by atoms with Crippen molar-refractivity contribution < 1.29 is 18.4 Å². The SMILES string of the molecule is CC(C)(C)[Si](C)(C)OC/C=C1C=C(/C=C/C=C/CO[Si](C)(C)C(C)(C)C)C(=O)O/1. The number of cyclic esters (lactones) is 1. The van der Waals surface area contributed by atoms with E-state index >= 15 is 0 Å². The highest BCUT2D eigenvalue weighted by atomic mass is 28.4. The zero-order valence-corrected chi connectivity index (χ0v) is 22.0. The van der Waals surface area contributed by atoms with Crippen LogP contribution in [0.5, 0.6) is 0 Å². The summed E-state index contributed by atoms with van der Waals surface area (Å²) in [4.78, 5) is 12.0. The fraction of sp³-hybridized carbons (Fsp3) is 0.609. The molecule has 6 heteroatoms. The van der Waals surface area contributed by atoms with Gasteiger partial charge >= 0.3 is 5.97 Å². The number of ether oxygens (including phenoxy) is 1.